The van der Waals surface area contributed by atoms with E-state index in [9.17, 15) is 0 Å². The maximum absolute atomic E-state index is 5.89. The van der Waals surface area contributed by atoms with E-state index in [-0.39, 0.29) is 0 Å². The van der Waals surface area contributed by atoms with E-state index in [0.717, 1.165) is 5.56 Å². The van der Waals surface area contributed by atoms with Crippen molar-refractivity contribution in [3.8, 4) is 11.4 Å². The van der Waals surface area contributed by atoms with Crippen LogP contribution in [-0.2, 0) is 6.54 Å². The third-order valence-corrected chi connectivity index (χ3v) is 2.35. The van der Waals surface area contributed by atoms with Gasteiger partial charge in [0.2, 0.25) is 11.7 Å². The normalized spacial score (nSPS) is 10.4. The Morgan fingerprint density at radius 3 is 3.12 bits per heavy atom. The quantitative estimate of drug-likeness (QED) is 0.654. The van der Waals surface area contributed by atoms with Gasteiger partial charge in [-0.2, -0.15) is 4.98 Å². The zero-order valence-corrected chi connectivity index (χ0v) is 9.94. The first kappa shape index (κ1) is 11.8. The third-order valence-electron chi connectivity index (χ3n) is 2.12. The largest absolute Gasteiger partial charge is 0.338 e. The number of nitrogens with one attached hydrogen (secondary N) is 1. The molecule has 0 bridgehead atoms. The first-order chi connectivity index (χ1) is 8.29. The topological polar surface area (TPSA) is 51.0 Å². The van der Waals surface area contributed by atoms with Gasteiger partial charge in [0.25, 0.3) is 0 Å². The Labute approximate surface area is 104 Å². The second kappa shape index (κ2) is 5.61. The van der Waals surface area contributed by atoms with E-state index in [1.807, 2.05) is 12.1 Å². The zero-order chi connectivity index (χ0) is 12.1. The van der Waals surface area contributed by atoms with Crippen molar-refractivity contribution in [2.75, 3.05) is 6.54 Å². The van der Waals surface area contributed by atoms with Crippen molar-refractivity contribution in [3.63, 3.8) is 0 Å². The van der Waals surface area contributed by atoms with Crippen LogP contribution in [-0.4, -0.2) is 16.7 Å². The minimum absolute atomic E-state index is 0.527. The minimum atomic E-state index is 0.527. The number of hydrogen-bond acceptors (Lipinski definition) is 4. The molecule has 0 fully saturated rings. The van der Waals surface area contributed by atoms with Gasteiger partial charge in [0.15, 0.2) is 0 Å². The van der Waals surface area contributed by atoms with E-state index in [2.05, 4.69) is 22.0 Å². The number of rotatable bonds is 5. The molecule has 0 amide bonds. The van der Waals surface area contributed by atoms with E-state index >= 15 is 0 Å². The lowest BCUT2D eigenvalue weighted by Gasteiger charge is -1.94. The van der Waals surface area contributed by atoms with E-state index in [4.69, 9.17) is 16.1 Å². The Balaban J connectivity index is 2.10. The summed E-state index contributed by atoms with van der Waals surface area (Å²) in [6, 6.07) is 7.34. The average molecular weight is 250 g/mol. The molecule has 5 heteroatoms. The molecule has 0 aliphatic carbocycles. The van der Waals surface area contributed by atoms with Gasteiger partial charge in [-0.3, -0.25) is 0 Å². The Bertz CT molecular complexity index is 510. The van der Waals surface area contributed by atoms with Gasteiger partial charge >= 0.3 is 0 Å². The molecule has 0 saturated carbocycles. The van der Waals surface area contributed by atoms with Crippen molar-refractivity contribution in [2.24, 2.45) is 0 Å². The summed E-state index contributed by atoms with van der Waals surface area (Å²) in [5.41, 5.74) is 0.844. The molecule has 88 valence electrons. The van der Waals surface area contributed by atoms with Crippen molar-refractivity contribution in [2.45, 2.75) is 6.54 Å². The molecular weight excluding hydrogens is 238 g/mol. The van der Waals surface area contributed by atoms with Gasteiger partial charge in [0.1, 0.15) is 0 Å². The number of aromatic nitrogens is 2. The van der Waals surface area contributed by atoms with E-state index < -0.39 is 0 Å². The molecule has 0 aliphatic heterocycles. The smallest absolute Gasteiger partial charge is 0.240 e. The highest BCUT2D eigenvalue weighted by Gasteiger charge is 2.07. The van der Waals surface area contributed by atoms with Crippen LogP contribution in [0.2, 0.25) is 5.02 Å². The molecule has 0 radical (unpaired) electrons. The monoisotopic (exact) mass is 249 g/mol. The Hall–Kier alpha value is -1.65. The summed E-state index contributed by atoms with van der Waals surface area (Å²) in [7, 11) is 0. The molecule has 0 unspecified atom stereocenters. The number of nitrogens with zero attached hydrogens (tertiary/aromatic N) is 2. The molecule has 2 aromatic rings. The highest BCUT2D eigenvalue weighted by Crippen LogP contribution is 2.19. The molecule has 1 heterocycles. The van der Waals surface area contributed by atoms with Gasteiger partial charge in [-0.25, -0.2) is 0 Å². The van der Waals surface area contributed by atoms with Crippen molar-refractivity contribution in [1.29, 1.82) is 0 Å². The molecule has 4 nitrogen and oxygen atoms in total. The summed E-state index contributed by atoms with van der Waals surface area (Å²) in [6.45, 7) is 4.84. The van der Waals surface area contributed by atoms with Gasteiger partial charge in [-0.15, -0.1) is 6.58 Å². The third kappa shape index (κ3) is 3.15. The van der Waals surface area contributed by atoms with Gasteiger partial charge < -0.3 is 9.84 Å². The van der Waals surface area contributed by atoms with Crippen LogP contribution in [0.1, 0.15) is 5.89 Å². The molecule has 17 heavy (non-hydrogen) atoms. The van der Waals surface area contributed by atoms with Crippen molar-refractivity contribution in [1.82, 2.24) is 15.5 Å². The molecule has 0 aliphatic rings. The van der Waals surface area contributed by atoms with Crippen molar-refractivity contribution >= 4 is 11.6 Å². The lowest BCUT2D eigenvalue weighted by molar-refractivity contribution is 0.370. The second-order valence-corrected chi connectivity index (χ2v) is 3.88. The molecule has 0 atom stereocenters. The van der Waals surface area contributed by atoms with Gasteiger partial charge in [-0.05, 0) is 12.1 Å². The van der Waals surface area contributed by atoms with Crippen LogP contribution in [0.5, 0.6) is 0 Å². The Kier molecular flexibility index (Phi) is 3.90. The minimum Gasteiger partial charge on any atom is -0.338 e. The highest BCUT2D eigenvalue weighted by atomic mass is 35.5. The molecule has 0 spiro atoms. The maximum atomic E-state index is 5.89. The fourth-order valence-corrected chi connectivity index (χ4v) is 1.54. The van der Waals surface area contributed by atoms with Crippen LogP contribution >= 0.6 is 11.6 Å². The van der Waals surface area contributed by atoms with Crippen LogP contribution in [0, 0.1) is 0 Å². The van der Waals surface area contributed by atoms with Crippen LogP contribution < -0.4 is 5.32 Å². The molecule has 0 saturated heterocycles. The Morgan fingerprint density at radius 1 is 1.47 bits per heavy atom. The SMILES string of the molecule is C=CCNCc1nc(-c2cccc(Cl)c2)no1. The lowest BCUT2D eigenvalue weighted by Crippen LogP contribution is -2.12. The number of halogens is 1. The van der Waals surface area contributed by atoms with E-state index in [1.165, 1.54) is 0 Å². The first-order valence-corrected chi connectivity index (χ1v) is 5.57. The summed E-state index contributed by atoms with van der Waals surface area (Å²) in [6.07, 6.45) is 1.77. The number of hydrogen-bond donors (Lipinski definition) is 1. The van der Waals surface area contributed by atoms with Crippen LogP contribution in [0.25, 0.3) is 11.4 Å². The summed E-state index contributed by atoms with van der Waals surface area (Å²) in [5, 5.41) is 7.63. The molecule has 2 rings (SSSR count). The van der Waals surface area contributed by atoms with Crippen LogP contribution in [0.4, 0.5) is 0 Å². The summed E-state index contributed by atoms with van der Waals surface area (Å²) >= 11 is 5.89. The molecule has 1 aromatic heterocycles. The summed E-state index contributed by atoms with van der Waals surface area (Å²) in [5.74, 6) is 1.09. The average Bonchev–Trinajstić information content (AvgIpc) is 2.78. The van der Waals surface area contributed by atoms with Crippen LogP contribution in [0.3, 0.4) is 0 Å². The Morgan fingerprint density at radius 2 is 2.35 bits per heavy atom. The standard InChI is InChI=1S/C12H12ClN3O/c1-2-6-14-8-11-15-12(16-17-11)9-4-3-5-10(13)7-9/h2-5,7,14H,1,6,8H2. The predicted octanol–water partition coefficient (Wildman–Crippen LogP) is 2.67. The molecular formula is C12H12ClN3O. The molecule has 1 aromatic carbocycles. The fraction of sp³-hybridized carbons (Fsp3) is 0.167. The maximum Gasteiger partial charge on any atom is 0.240 e. The highest BCUT2D eigenvalue weighted by molar-refractivity contribution is 6.30. The fourth-order valence-electron chi connectivity index (χ4n) is 1.35. The van der Waals surface area contributed by atoms with Crippen molar-refractivity contribution < 1.29 is 4.52 Å². The summed E-state index contributed by atoms with van der Waals surface area (Å²) in [4.78, 5) is 4.26. The van der Waals surface area contributed by atoms with Gasteiger partial charge in [-0.1, -0.05) is 35.0 Å². The summed E-state index contributed by atoms with van der Waals surface area (Å²) < 4.78 is 5.10. The van der Waals surface area contributed by atoms with Crippen LogP contribution in [0.15, 0.2) is 41.4 Å². The van der Waals surface area contributed by atoms with Gasteiger partial charge in [0.05, 0.1) is 6.54 Å². The van der Waals surface area contributed by atoms with E-state index in [0.29, 0.717) is 29.8 Å². The number of benzene rings is 1. The van der Waals surface area contributed by atoms with E-state index in [1.54, 1.807) is 18.2 Å². The predicted molar refractivity (Wildman–Crippen MR) is 66.6 cm³/mol. The lowest BCUT2D eigenvalue weighted by atomic mass is 10.2. The first-order valence-electron chi connectivity index (χ1n) is 5.20. The molecule has 1 N–H and O–H groups in total. The second-order valence-electron chi connectivity index (χ2n) is 3.44. The van der Waals surface area contributed by atoms with Crippen molar-refractivity contribution in [3.05, 3.63) is 47.8 Å². The zero-order valence-electron chi connectivity index (χ0n) is 9.19. The van der Waals surface area contributed by atoms with Gasteiger partial charge in [0, 0.05) is 17.1 Å².